The summed E-state index contributed by atoms with van der Waals surface area (Å²) in [4.78, 5) is 0. The molecular formula is C12H25Cl2N. The first kappa shape index (κ1) is 15.5. The predicted octanol–water partition coefficient (Wildman–Crippen LogP) is 3.94. The molecular weight excluding hydrogens is 229 g/mol. The van der Waals surface area contributed by atoms with Crippen molar-refractivity contribution >= 4 is 24.8 Å². The summed E-state index contributed by atoms with van der Waals surface area (Å²) in [6.45, 7) is 3.60. The van der Waals surface area contributed by atoms with E-state index in [2.05, 4.69) is 12.2 Å². The molecule has 1 aliphatic carbocycles. The highest BCUT2D eigenvalue weighted by Gasteiger charge is 2.42. The van der Waals surface area contributed by atoms with Crippen LogP contribution in [0.2, 0.25) is 0 Å². The number of nitrogens with one attached hydrogen (secondary N) is 1. The summed E-state index contributed by atoms with van der Waals surface area (Å²) >= 11 is 0. The Hall–Kier alpha value is 0.540. The molecule has 1 aliphatic heterocycles. The van der Waals surface area contributed by atoms with Crippen molar-refractivity contribution in [3.63, 3.8) is 0 Å². The van der Waals surface area contributed by atoms with E-state index < -0.39 is 0 Å². The second-order valence-electron chi connectivity index (χ2n) is 4.97. The van der Waals surface area contributed by atoms with E-state index in [0.29, 0.717) is 0 Å². The summed E-state index contributed by atoms with van der Waals surface area (Å²) < 4.78 is 0. The van der Waals surface area contributed by atoms with Gasteiger partial charge in [0.1, 0.15) is 0 Å². The Labute approximate surface area is 107 Å². The molecule has 1 nitrogen and oxygen atoms in total. The highest BCUT2D eigenvalue weighted by atomic mass is 35.5. The molecule has 1 unspecified atom stereocenters. The van der Waals surface area contributed by atoms with E-state index in [4.69, 9.17) is 0 Å². The van der Waals surface area contributed by atoms with Crippen molar-refractivity contribution in [1.82, 2.24) is 5.32 Å². The summed E-state index contributed by atoms with van der Waals surface area (Å²) in [5.41, 5.74) is 0.730. The van der Waals surface area contributed by atoms with Gasteiger partial charge in [0.2, 0.25) is 0 Å². The van der Waals surface area contributed by atoms with Crippen molar-refractivity contribution in [1.29, 1.82) is 0 Å². The van der Waals surface area contributed by atoms with E-state index >= 15 is 0 Å². The fourth-order valence-electron chi connectivity index (χ4n) is 3.44. The first-order chi connectivity index (χ1) is 6.37. The van der Waals surface area contributed by atoms with Crippen molar-refractivity contribution in [2.24, 2.45) is 5.41 Å². The lowest BCUT2D eigenvalue weighted by Crippen LogP contribution is -2.38. The van der Waals surface area contributed by atoms with E-state index in [1.165, 1.54) is 57.9 Å². The van der Waals surface area contributed by atoms with E-state index in [1.54, 1.807) is 0 Å². The Balaban J connectivity index is 0.000000980. The SMILES string of the molecule is CCCC1NCCC12CCCCC2.Cl.Cl. The van der Waals surface area contributed by atoms with Gasteiger partial charge in [0.05, 0.1) is 0 Å². The van der Waals surface area contributed by atoms with Gasteiger partial charge in [0.25, 0.3) is 0 Å². The second-order valence-corrected chi connectivity index (χ2v) is 4.97. The molecule has 3 heteroatoms. The van der Waals surface area contributed by atoms with Gasteiger partial charge < -0.3 is 5.32 Å². The molecule has 92 valence electrons. The highest BCUT2D eigenvalue weighted by molar-refractivity contribution is 5.85. The zero-order chi connectivity index (χ0) is 9.15. The van der Waals surface area contributed by atoms with Crippen LogP contribution in [-0.2, 0) is 0 Å². The van der Waals surface area contributed by atoms with Crippen LogP contribution in [0.3, 0.4) is 0 Å². The largest absolute Gasteiger partial charge is 0.313 e. The molecule has 1 N–H and O–H groups in total. The number of halogens is 2. The van der Waals surface area contributed by atoms with Crippen molar-refractivity contribution in [3.8, 4) is 0 Å². The van der Waals surface area contributed by atoms with Gasteiger partial charge in [0.15, 0.2) is 0 Å². The van der Waals surface area contributed by atoms with Crippen LogP contribution in [0.15, 0.2) is 0 Å². The highest BCUT2D eigenvalue weighted by Crippen LogP contribution is 2.45. The van der Waals surface area contributed by atoms with E-state index in [0.717, 1.165) is 11.5 Å². The Morgan fingerprint density at radius 3 is 2.33 bits per heavy atom. The smallest absolute Gasteiger partial charge is 0.0124 e. The molecule has 0 bridgehead atoms. The van der Waals surface area contributed by atoms with Crippen LogP contribution in [-0.4, -0.2) is 12.6 Å². The second kappa shape index (κ2) is 6.98. The van der Waals surface area contributed by atoms with E-state index in [9.17, 15) is 0 Å². The summed E-state index contributed by atoms with van der Waals surface area (Å²) in [5, 5.41) is 3.72. The quantitative estimate of drug-likeness (QED) is 0.787. The first-order valence-corrected chi connectivity index (χ1v) is 6.11. The van der Waals surface area contributed by atoms with Crippen LogP contribution in [0.4, 0.5) is 0 Å². The summed E-state index contributed by atoms with van der Waals surface area (Å²) in [6.07, 6.45) is 11.7. The normalized spacial score (nSPS) is 28.2. The molecule has 0 aromatic carbocycles. The van der Waals surface area contributed by atoms with Crippen LogP contribution < -0.4 is 5.32 Å². The average molecular weight is 254 g/mol. The molecule has 1 saturated heterocycles. The van der Waals surface area contributed by atoms with Crippen molar-refractivity contribution in [2.45, 2.75) is 64.3 Å². The van der Waals surface area contributed by atoms with Crippen LogP contribution >= 0.6 is 24.8 Å². The molecule has 2 aliphatic rings. The number of hydrogen-bond acceptors (Lipinski definition) is 1. The lowest BCUT2D eigenvalue weighted by atomic mass is 9.68. The fraction of sp³-hybridized carbons (Fsp3) is 1.00. The zero-order valence-electron chi connectivity index (χ0n) is 9.76. The molecule has 2 fully saturated rings. The first-order valence-electron chi connectivity index (χ1n) is 6.11. The Bertz CT molecular complexity index is 167. The molecule has 15 heavy (non-hydrogen) atoms. The minimum Gasteiger partial charge on any atom is -0.313 e. The maximum atomic E-state index is 3.72. The molecule has 1 spiro atoms. The van der Waals surface area contributed by atoms with Crippen LogP contribution in [0.5, 0.6) is 0 Å². The predicted molar refractivity (Wildman–Crippen MR) is 71.3 cm³/mol. The standard InChI is InChI=1S/C12H23N.2ClH/c1-2-6-11-12(9-10-13-11)7-4-3-5-8-12;;/h11,13H,2-10H2,1H3;2*1H. The van der Waals surface area contributed by atoms with Gasteiger partial charge in [-0.15, -0.1) is 24.8 Å². The molecule has 0 aromatic rings. The maximum Gasteiger partial charge on any atom is 0.0124 e. The minimum absolute atomic E-state index is 0. The van der Waals surface area contributed by atoms with Gasteiger partial charge >= 0.3 is 0 Å². The van der Waals surface area contributed by atoms with Gasteiger partial charge in [-0.3, -0.25) is 0 Å². The molecule has 0 aromatic heterocycles. The van der Waals surface area contributed by atoms with Crippen molar-refractivity contribution in [3.05, 3.63) is 0 Å². The van der Waals surface area contributed by atoms with E-state index in [1.807, 2.05) is 0 Å². The van der Waals surface area contributed by atoms with Gasteiger partial charge in [-0.25, -0.2) is 0 Å². The Kier molecular flexibility index (Phi) is 7.23. The van der Waals surface area contributed by atoms with Gasteiger partial charge in [-0.2, -0.15) is 0 Å². The molecule has 2 rings (SSSR count). The third-order valence-electron chi connectivity index (χ3n) is 4.18. The number of rotatable bonds is 2. The van der Waals surface area contributed by atoms with Gasteiger partial charge in [-0.05, 0) is 37.6 Å². The Morgan fingerprint density at radius 2 is 1.73 bits per heavy atom. The molecule has 1 atom stereocenters. The molecule has 1 saturated carbocycles. The Morgan fingerprint density at radius 1 is 1.07 bits per heavy atom. The fourth-order valence-corrected chi connectivity index (χ4v) is 3.44. The molecule has 0 amide bonds. The lowest BCUT2D eigenvalue weighted by molar-refractivity contribution is 0.157. The monoisotopic (exact) mass is 253 g/mol. The summed E-state index contributed by atoms with van der Waals surface area (Å²) in [6, 6.07) is 0.859. The molecule has 0 radical (unpaired) electrons. The van der Waals surface area contributed by atoms with Crippen LogP contribution in [0.25, 0.3) is 0 Å². The topological polar surface area (TPSA) is 12.0 Å². The minimum atomic E-state index is 0. The summed E-state index contributed by atoms with van der Waals surface area (Å²) in [7, 11) is 0. The van der Waals surface area contributed by atoms with Crippen LogP contribution in [0.1, 0.15) is 58.3 Å². The maximum absolute atomic E-state index is 3.72. The zero-order valence-corrected chi connectivity index (χ0v) is 11.4. The third kappa shape index (κ3) is 3.25. The third-order valence-corrected chi connectivity index (χ3v) is 4.18. The average Bonchev–Trinajstić information content (AvgIpc) is 2.52. The van der Waals surface area contributed by atoms with Crippen molar-refractivity contribution < 1.29 is 0 Å². The molecule has 1 heterocycles. The number of hydrogen-bond donors (Lipinski definition) is 1. The van der Waals surface area contributed by atoms with Gasteiger partial charge in [-0.1, -0.05) is 32.6 Å². The van der Waals surface area contributed by atoms with Gasteiger partial charge in [0, 0.05) is 6.04 Å². The summed E-state index contributed by atoms with van der Waals surface area (Å²) in [5.74, 6) is 0. The van der Waals surface area contributed by atoms with Crippen molar-refractivity contribution in [2.75, 3.05) is 6.54 Å². The lowest BCUT2D eigenvalue weighted by Gasteiger charge is -2.38. The van der Waals surface area contributed by atoms with E-state index in [-0.39, 0.29) is 24.8 Å². The van der Waals surface area contributed by atoms with Crippen LogP contribution in [0, 0.1) is 5.41 Å².